The molecule has 0 spiro atoms. The SMILES string of the molecule is Cc1nn(-c2ccc(Cl)c(C(F)(F)F)c2)c(C)c1CN. The van der Waals surface area contributed by atoms with Gasteiger partial charge in [-0.25, -0.2) is 4.68 Å². The van der Waals surface area contributed by atoms with Crippen molar-refractivity contribution in [1.82, 2.24) is 9.78 Å². The fourth-order valence-corrected chi connectivity index (χ4v) is 2.31. The third-order valence-corrected chi connectivity index (χ3v) is 3.47. The maximum absolute atomic E-state index is 12.9. The van der Waals surface area contributed by atoms with Crippen LogP contribution in [0.15, 0.2) is 18.2 Å². The molecular weight excluding hydrogens is 291 g/mol. The minimum atomic E-state index is -4.50. The van der Waals surface area contributed by atoms with Gasteiger partial charge in [-0.1, -0.05) is 11.6 Å². The Kier molecular flexibility index (Phi) is 3.80. The molecule has 1 heterocycles. The summed E-state index contributed by atoms with van der Waals surface area (Å²) in [4.78, 5) is 0. The molecule has 0 amide bonds. The number of hydrogen-bond acceptors (Lipinski definition) is 2. The van der Waals surface area contributed by atoms with E-state index in [4.69, 9.17) is 17.3 Å². The molecule has 0 unspecified atom stereocenters. The van der Waals surface area contributed by atoms with Crippen LogP contribution in [0.3, 0.4) is 0 Å². The molecule has 20 heavy (non-hydrogen) atoms. The molecule has 2 rings (SSSR count). The number of halogens is 4. The van der Waals surface area contributed by atoms with Gasteiger partial charge in [-0.3, -0.25) is 0 Å². The minimum absolute atomic E-state index is 0.289. The van der Waals surface area contributed by atoms with Gasteiger partial charge in [0.25, 0.3) is 0 Å². The van der Waals surface area contributed by atoms with Crippen LogP contribution < -0.4 is 5.73 Å². The van der Waals surface area contributed by atoms with E-state index >= 15 is 0 Å². The van der Waals surface area contributed by atoms with Gasteiger partial charge in [0.05, 0.1) is 22.0 Å². The van der Waals surface area contributed by atoms with Gasteiger partial charge >= 0.3 is 6.18 Å². The van der Waals surface area contributed by atoms with Crippen LogP contribution in [0.5, 0.6) is 0 Å². The van der Waals surface area contributed by atoms with Gasteiger partial charge in [-0.15, -0.1) is 0 Å². The highest BCUT2D eigenvalue weighted by atomic mass is 35.5. The first-order chi connectivity index (χ1) is 9.25. The van der Waals surface area contributed by atoms with E-state index in [-0.39, 0.29) is 11.6 Å². The zero-order valence-corrected chi connectivity index (χ0v) is 11.7. The van der Waals surface area contributed by atoms with E-state index in [0.29, 0.717) is 11.4 Å². The molecule has 2 N–H and O–H groups in total. The molecule has 1 aromatic carbocycles. The van der Waals surface area contributed by atoms with Crippen molar-refractivity contribution in [1.29, 1.82) is 0 Å². The van der Waals surface area contributed by atoms with Gasteiger partial charge < -0.3 is 5.73 Å². The Morgan fingerprint density at radius 2 is 1.95 bits per heavy atom. The van der Waals surface area contributed by atoms with Crippen molar-refractivity contribution in [3.8, 4) is 5.69 Å². The van der Waals surface area contributed by atoms with E-state index in [1.807, 2.05) is 0 Å². The molecule has 0 radical (unpaired) electrons. The van der Waals surface area contributed by atoms with Crippen molar-refractivity contribution in [2.75, 3.05) is 0 Å². The van der Waals surface area contributed by atoms with Crippen LogP contribution in [0.4, 0.5) is 13.2 Å². The van der Waals surface area contributed by atoms with E-state index in [2.05, 4.69) is 5.10 Å². The Morgan fingerprint density at radius 1 is 1.30 bits per heavy atom. The van der Waals surface area contributed by atoms with Crippen molar-refractivity contribution in [2.45, 2.75) is 26.6 Å². The number of hydrogen-bond donors (Lipinski definition) is 1. The Bertz CT molecular complexity index is 647. The monoisotopic (exact) mass is 303 g/mol. The summed E-state index contributed by atoms with van der Waals surface area (Å²) in [5.41, 5.74) is 7.30. The second-order valence-electron chi connectivity index (χ2n) is 4.43. The number of nitrogens with zero attached hydrogens (tertiary/aromatic N) is 2. The van der Waals surface area contributed by atoms with Gasteiger partial charge in [0.2, 0.25) is 0 Å². The van der Waals surface area contributed by atoms with Crippen LogP contribution in [-0.2, 0) is 12.7 Å². The van der Waals surface area contributed by atoms with E-state index in [0.717, 1.165) is 17.3 Å². The number of nitrogens with two attached hydrogens (primary N) is 1. The summed E-state index contributed by atoms with van der Waals surface area (Å²) in [6, 6.07) is 3.71. The van der Waals surface area contributed by atoms with Crippen LogP contribution in [0.1, 0.15) is 22.5 Å². The lowest BCUT2D eigenvalue weighted by Gasteiger charge is -2.12. The Morgan fingerprint density at radius 3 is 2.45 bits per heavy atom. The van der Waals surface area contributed by atoms with Crippen LogP contribution in [0, 0.1) is 13.8 Å². The van der Waals surface area contributed by atoms with Crippen molar-refractivity contribution in [3.63, 3.8) is 0 Å². The topological polar surface area (TPSA) is 43.8 Å². The Hall–Kier alpha value is -1.53. The normalized spacial score (nSPS) is 11.9. The van der Waals surface area contributed by atoms with Gasteiger partial charge in [-0.2, -0.15) is 18.3 Å². The number of benzene rings is 1. The largest absolute Gasteiger partial charge is 0.417 e. The summed E-state index contributed by atoms with van der Waals surface area (Å²) < 4.78 is 40.0. The lowest BCUT2D eigenvalue weighted by Crippen LogP contribution is -2.08. The van der Waals surface area contributed by atoms with Crippen LogP contribution in [0.2, 0.25) is 5.02 Å². The molecule has 1 aromatic heterocycles. The van der Waals surface area contributed by atoms with Crippen molar-refractivity contribution >= 4 is 11.6 Å². The predicted molar refractivity (Wildman–Crippen MR) is 70.9 cm³/mol. The summed E-state index contributed by atoms with van der Waals surface area (Å²) in [7, 11) is 0. The Labute approximate surface area is 119 Å². The van der Waals surface area contributed by atoms with E-state index in [9.17, 15) is 13.2 Å². The van der Waals surface area contributed by atoms with E-state index < -0.39 is 11.7 Å². The molecule has 0 aliphatic rings. The minimum Gasteiger partial charge on any atom is -0.326 e. The number of aryl methyl sites for hydroxylation is 1. The van der Waals surface area contributed by atoms with Crippen molar-refractivity contribution < 1.29 is 13.2 Å². The molecule has 0 bridgehead atoms. The van der Waals surface area contributed by atoms with Gasteiger partial charge in [-0.05, 0) is 32.0 Å². The molecule has 0 saturated carbocycles. The van der Waals surface area contributed by atoms with Crippen LogP contribution in [0.25, 0.3) is 5.69 Å². The maximum Gasteiger partial charge on any atom is 0.417 e. The number of alkyl halides is 3. The van der Waals surface area contributed by atoms with Crippen LogP contribution >= 0.6 is 11.6 Å². The van der Waals surface area contributed by atoms with Gasteiger partial charge in [0, 0.05) is 17.8 Å². The predicted octanol–water partition coefficient (Wildman–Crippen LogP) is 3.62. The van der Waals surface area contributed by atoms with Crippen molar-refractivity contribution in [3.05, 3.63) is 45.7 Å². The van der Waals surface area contributed by atoms with Gasteiger partial charge in [0.15, 0.2) is 0 Å². The molecule has 2 aromatic rings. The second-order valence-corrected chi connectivity index (χ2v) is 4.83. The molecule has 7 heteroatoms. The molecule has 0 aliphatic heterocycles. The van der Waals surface area contributed by atoms with Gasteiger partial charge in [0.1, 0.15) is 0 Å². The van der Waals surface area contributed by atoms with E-state index in [1.165, 1.54) is 16.8 Å². The summed E-state index contributed by atoms with van der Waals surface area (Å²) >= 11 is 5.60. The summed E-state index contributed by atoms with van der Waals surface area (Å²) in [6.45, 7) is 3.83. The summed E-state index contributed by atoms with van der Waals surface area (Å²) in [5, 5.41) is 3.90. The zero-order chi connectivity index (χ0) is 15.1. The quantitative estimate of drug-likeness (QED) is 0.921. The van der Waals surface area contributed by atoms with Crippen LogP contribution in [-0.4, -0.2) is 9.78 Å². The average molecular weight is 304 g/mol. The highest BCUT2D eigenvalue weighted by Gasteiger charge is 2.33. The second kappa shape index (κ2) is 5.10. The fourth-order valence-electron chi connectivity index (χ4n) is 2.08. The fraction of sp³-hybridized carbons (Fsp3) is 0.308. The lowest BCUT2D eigenvalue weighted by molar-refractivity contribution is -0.137. The molecule has 0 atom stereocenters. The number of rotatable bonds is 2. The maximum atomic E-state index is 12.9. The smallest absolute Gasteiger partial charge is 0.326 e. The first kappa shape index (κ1) is 14.9. The first-order valence-corrected chi connectivity index (χ1v) is 6.25. The first-order valence-electron chi connectivity index (χ1n) is 5.88. The highest BCUT2D eigenvalue weighted by molar-refractivity contribution is 6.31. The molecular formula is C13H13ClF3N3. The Balaban J connectivity index is 2.60. The summed E-state index contributed by atoms with van der Waals surface area (Å²) in [5.74, 6) is 0. The third kappa shape index (κ3) is 2.53. The molecule has 0 saturated heterocycles. The highest BCUT2D eigenvalue weighted by Crippen LogP contribution is 2.36. The average Bonchev–Trinajstić information content (AvgIpc) is 2.63. The third-order valence-electron chi connectivity index (χ3n) is 3.15. The standard InChI is InChI=1S/C13H13ClF3N3/c1-7-10(6-18)8(2)20(19-7)9-3-4-12(14)11(5-9)13(15,16)17/h3-5H,6,18H2,1-2H3. The molecule has 0 fully saturated rings. The zero-order valence-electron chi connectivity index (χ0n) is 10.9. The molecule has 0 aliphatic carbocycles. The van der Waals surface area contributed by atoms with Crippen molar-refractivity contribution in [2.24, 2.45) is 5.73 Å². The summed E-state index contributed by atoms with van der Waals surface area (Å²) in [6.07, 6.45) is -4.50. The van der Waals surface area contributed by atoms with E-state index in [1.54, 1.807) is 13.8 Å². The molecule has 108 valence electrons. The number of aromatic nitrogens is 2. The lowest BCUT2D eigenvalue weighted by atomic mass is 10.1. The molecule has 3 nitrogen and oxygen atoms in total.